The van der Waals surface area contributed by atoms with Gasteiger partial charge in [0.25, 0.3) is 0 Å². The quantitative estimate of drug-likeness (QED) is 0.899. The Bertz CT molecular complexity index is 546. The summed E-state index contributed by atoms with van der Waals surface area (Å²) in [5.74, 6) is 0.0673. The first-order valence-corrected chi connectivity index (χ1v) is 6.67. The fourth-order valence-corrected chi connectivity index (χ4v) is 1.95. The second-order valence-electron chi connectivity index (χ2n) is 4.14. The fourth-order valence-electron chi connectivity index (χ4n) is 1.71. The largest absolute Gasteiger partial charge is 0.435 e. The van der Waals surface area contributed by atoms with Gasteiger partial charge < -0.3 is 9.84 Å². The first kappa shape index (κ1) is 14.9. The number of hydrogen-bond donors (Lipinski definition) is 1. The number of halogens is 3. The minimum absolute atomic E-state index is 0.0673. The van der Waals surface area contributed by atoms with E-state index in [9.17, 15) is 13.9 Å². The molecule has 1 aromatic carbocycles. The van der Waals surface area contributed by atoms with Gasteiger partial charge in [0.2, 0.25) is 0 Å². The van der Waals surface area contributed by atoms with Crippen molar-refractivity contribution in [3.8, 4) is 5.75 Å². The van der Waals surface area contributed by atoms with Gasteiger partial charge in [-0.1, -0.05) is 12.1 Å². The third-order valence-corrected chi connectivity index (χ3v) is 3.15. The van der Waals surface area contributed by atoms with Crippen molar-refractivity contribution in [2.45, 2.75) is 19.1 Å². The number of rotatable bonds is 5. The van der Waals surface area contributed by atoms with E-state index < -0.39 is 12.7 Å². The van der Waals surface area contributed by atoms with Crippen LogP contribution in [-0.4, -0.2) is 16.7 Å². The highest BCUT2D eigenvalue weighted by molar-refractivity contribution is 9.10. The van der Waals surface area contributed by atoms with Crippen LogP contribution < -0.4 is 4.74 Å². The number of ether oxygens (including phenoxy) is 1. The van der Waals surface area contributed by atoms with Gasteiger partial charge in [0, 0.05) is 22.8 Å². The third-order valence-electron chi connectivity index (χ3n) is 2.68. The van der Waals surface area contributed by atoms with Gasteiger partial charge in [-0.25, -0.2) is 0 Å². The zero-order chi connectivity index (χ0) is 14.5. The van der Waals surface area contributed by atoms with Gasteiger partial charge in [-0.3, -0.25) is 4.98 Å². The Labute approximate surface area is 123 Å². The lowest BCUT2D eigenvalue weighted by Crippen LogP contribution is -2.04. The smallest absolute Gasteiger partial charge is 0.387 e. The summed E-state index contributed by atoms with van der Waals surface area (Å²) in [6, 6.07) is 9.57. The van der Waals surface area contributed by atoms with Crippen LogP contribution in [0, 0.1) is 0 Å². The monoisotopic (exact) mass is 343 g/mol. The van der Waals surface area contributed by atoms with Crippen molar-refractivity contribution < 1.29 is 18.6 Å². The lowest BCUT2D eigenvalue weighted by Gasteiger charge is -2.11. The zero-order valence-electron chi connectivity index (χ0n) is 10.3. The summed E-state index contributed by atoms with van der Waals surface area (Å²) in [6.07, 6.45) is 1.26. The molecule has 1 unspecified atom stereocenters. The molecule has 6 heteroatoms. The van der Waals surface area contributed by atoms with Crippen LogP contribution in [0.25, 0.3) is 0 Å². The third kappa shape index (κ3) is 4.25. The van der Waals surface area contributed by atoms with E-state index >= 15 is 0 Å². The molecule has 0 amide bonds. The average Bonchev–Trinajstić information content (AvgIpc) is 2.41. The van der Waals surface area contributed by atoms with Gasteiger partial charge in [-0.05, 0) is 45.8 Å². The molecule has 0 saturated carbocycles. The molecular formula is C14H12BrF2NO2. The molecule has 0 fully saturated rings. The van der Waals surface area contributed by atoms with Crippen molar-refractivity contribution in [2.75, 3.05) is 0 Å². The number of nitrogens with zero attached hydrogens (tertiary/aromatic N) is 1. The molecule has 106 valence electrons. The summed E-state index contributed by atoms with van der Waals surface area (Å²) in [6.45, 7) is -2.85. The fraction of sp³-hybridized carbons (Fsp3) is 0.214. The Hall–Kier alpha value is -1.53. The molecule has 2 aromatic rings. The summed E-state index contributed by atoms with van der Waals surface area (Å²) in [5, 5.41) is 10.1. The predicted molar refractivity (Wildman–Crippen MR) is 73.7 cm³/mol. The highest BCUT2D eigenvalue weighted by Gasteiger charge is 2.10. The van der Waals surface area contributed by atoms with Crippen LogP contribution in [0.4, 0.5) is 8.78 Å². The van der Waals surface area contributed by atoms with Gasteiger partial charge in [0.1, 0.15) is 5.75 Å². The molecule has 2 rings (SSSR count). The van der Waals surface area contributed by atoms with Gasteiger partial charge in [-0.2, -0.15) is 8.78 Å². The Kier molecular flexibility index (Phi) is 5.03. The standard InChI is InChI=1S/C14H12BrF2NO2/c15-10-3-4-11(18-8-10)7-13(19)9-1-5-12(6-2-9)20-14(16)17/h1-6,8,13-14,19H,7H2. The number of aliphatic hydroxyl groups is 1. The molecule has 1 N–H and O–H groups in total. The van der Waals surface area contributed by atoms with E-state index in [1.165, 1.54) is 12.1 Å². The van der Waals surface area contributed by atoms with Crippen molar-refractivity contribution in [3.63, 3.8) is 0 Å². The molecule has 0 bridgehead atoms. The highest BCUT2D eigenvalue weighted by Crippen LogP contribution is 2.22. The van der Waals surface area contributed by atoms with E-state index in [-0.39, 0.29) is 5.75 Å². The SMILES string of the molecule is OC(Cc1ccc(Br)cn1)c1ccc(OC(F)F)cc1. The molecular weight excluding hydrogens is 332 g/mol. The maximum Gasteiger partial charge on any atom is 0.387 e. The van der Waals surface area contributed by atoms with E-state index in [4.69, 9.17) is 0 Å². The first-order valence-electron chi connectivity index (χ1n) is 5.88. The normalized spacial score (nSPS) is 12.4. The number of hydrogen-bond acceptors (Lipinski definition) is 3. The van der Waals surface area contributed by atoms with Crippen LogP contribution in [0.2, 0.25) is 0 Å². The average molecular weight is 344 g/mol. The summed E-state index contributed by atoms with van der Waals surface area (Å²) in [5.41, 5.74) is 1.37. The van der Waals surface area contributed by atoms with Crippen LogP contribution in [0.15, 0.2) is 47.1 Å². The second-order valence-corrected chi connectivity index (χ2v) is 5.05. The van der Waals surface area contributed by atoms with Crippen LogP contribution >= 0.6 is 15.9 Å². The van der Waals surface area contributed by atoms with E-state index in [1.807, 2.05) is 12.1 Å². The van der Waals surface area contributed by atoms with Gasteiger partial charge in [0.05, 0.1) is 6.10 Å². The molecule has 20 heavy (non-hydrogen) atoms. The van der Waals surface area contributed by atoms with Crippen LogP contribution in [0.5, 0.6) is 5.75 Å². The topological polar surface area (TPSA) is 42.4 Å². The lowest BCUT2D eigenvalue weighted by molar-refractivity contribution is -0.0498. The molecule has 1 aromatic heterocycles. The molecule has 0 spiro atoms. The van der Waals surface area contributed by atoms with Gasteiger partial charge >= 0.3 is 6.61 Å². The van der Waals surface area contributed by atoms with Crippen molar-refractivity contribution in [2.24, 2.45) is 0 Å². The maximum absolute atomic E-state index is 12.0. The first-order chi connectivity index (χ1) is 9.54. The van der Waals surface area contributed by atoms with Gasteiger partial charge in [-0.15, -0.1) is 0 Å². The highest BCUT2D eigenvalue weighted by atomic mass is 79.9. The van der Waals surface area contributed by atoms with E-state index in [1.54, 1.807) is 18.3 Å². The summed E-state index contributed by atoms with van der Waals surface area (Å²) < 4.78 is 29.1. The van der Waals surface area contributed by atoms with Crippen molar-refractivity contribution in [3.05, 3.63) is 58.3 Å². The molecule has 0 radical (unpaired) electrons. The van der Waals surface area contributed by atoms with E-state index in [2.05, 4.69) is 25.7 Å². The van der Waals surface area contributed by atoms with Crippen molar-refractivity contribution in [1.82, 2.24) is 4.98 Å². The molecule has 0 aliphatic rings. The summed E-state index contributed by atoms with van der Waals surface area (Å²) in [7, 11) is 0. The number of alkyl halides is 2. The minimum Gasteiger partial charge on any atom is -0.435 e. The molecule has 1 heterocycles. The summed E-state index contributed by atoms with van der Waals surface area (Å²) in [4.78, 5) is 4.17. The number of aromatic nitrogens is 1. The maximum atomic E-state index is 12.0. The lowest BCUT2D eigenvalue weighted by atomic mass is 10.0. The van der Waals surface area contributed by atoms with Crippen LogP contribution in [-0.2, 0) is 6.42 Å². The van der Waals surface area contributed by atoms with E-state index in [0.717, 1.165) is 10.2 Å². The Morgan fingerprint density at radius 2 is 1.85 bits per heavy atom. The number of benzene rings is 1. The summed E-state index contributed by atoms with van der Waals surface area (Å²) >= 11 is 3.28. The van der Waals surface area contributed by atoms with Crippen molar-refractivity contribution >= 4 is 15.9 Å². The van der Waals surface area contributed by atoms with Crippen molar-refractivity contribution in [1.29, 1.82) is 0 Å². The molecule has 0 aliphatic heterocycles. The van der Waals surface area contributed by atoms with Crippen LogP contribution in [0.3, 0.4) is 0 Å². The molecule has 0 saturated heterocycles. The van der Waals surface area contributed by atoms with Gasteiger partial charge in [0.15, 0.2) is 0 Å². The Morgan fingerprint density at radius 3 is 2.40 bits per heavy atom. The van der Waals surface area contributed by atoms with E-state index in [0.29, 0.717) is 12.0 Å². The molecule has 0 aliphatic carbocycles. The minimum atomic E-state index is -2.85. The second kappa shape index (κ2) is 6.76. The Morgan fingerprint density at radius 1 is 1.15 bits per heavy atom. The predicted octanol–water partition coefficient (Wildman–Crippen LogP) is 3.72. The zero-order valence-corrected chi connectivity index (χ0v) is 11.9. The molecule has 1 atom stereocenters. The molecule has 3 nitrogen and oxygen atoms in total. The van der Waals surface area contributed by atoms with Crippen LogP contribution in [0.1, 0.15) is 17.4 Å². The number of pyridine rings is 1. The number of aliphatic hydroxyl groups excluding tert-OH is 1. The Balaban J connectivity index is 2.01.